The highest BCUT2D eigenvalue weighted by atomic mass is 15.4. The standard InChI is InChI=1S/C22H25N7/c1-16-18(14-25-29(16)22-24-9-8-21(23)26-22)6-4-10-27-11-12-28-19(15-27)13-17-5-2-3-7-20(17)28/h2-5,7-10,14,19H,6,11-13,15H2,1H3,(H2,23,24,26). The summed E-state index contributed by atoms with van der Waals surface area (Å²) in [5.74, 6) is 0.953. The number of anilines is 2. The van der Waals surface area contributed by atoms with Crippen molar-refractivity contribution in [1.82, 2.24) is 24.6 Å². The van der Waals surface area contributed by atoms with Gasteiger partial charge in [0, 0.05) is 37.2 Å². The third kappa shape index (κ3) is 3.33. The number of rotatable bonds is 4. The van der Waals surface area contributed by atoms with Crippen LogP contribution >= 0.6 is 0 Å². The fourth-order valence-corrected chi connectivity index (χ4v) is 4.36. The average molecular weight is 387 g/mol. The second-order valence-corrected chi connectivity index (χ2v) is 7.71. The topological polar surface area (TPSA) is 76.1 Å². The molecule has 0 radical (unpaired) electrons. The van der Waals surface area contributed by atoms with E-state index in [1.54, 1.807) is 16.9 Å². The quantitative estimate of drug-likeness (QED) is 0.741. The summed E-state index contributed by atoms with van der Waals surface area (Å²) < 4.78 is 1.74. The maximum Gasteiger partial charge on any atom is 0.252 e. The zero-order valence-electron chi connectivity index (χ0n) is 16.6. The van der Waals surface area contributed by atoms with E-state index in [0.29, 0.717) is 17.8 Å². The molecule has 0 spiro atoms. The number of hydrogen-bond acceptors (Lipinski definition) is 6. The summed E-state index contributed by atoms with van der Waals surface area (Å²) >= 11 is 0. The van der Waals surface area contributed by atoms with Crippen molar-refractivity contribution in [2.24, 2.45) is 0 Å². The number of para-hydroxylation sites is 1. The molecule has 0 amide bonds. The molecular weight excluding hydrogens is 362 g/mol. The second kappa shape index (κ2) is 7.24. The molecule has 1 atom stereocenters. The van der Waals surface area contributed by atoms with Crippen LogP contribution in [0.2, 0.25) is 0 Å². The van der Waals surface area contributed by atoms with Crippen LogP contribution in [0.1, 0.15) is 16.8 Å². The van der Waals surface area contributed by atoms with Gasteiger partial charge in [0.1, 0.15) is 5.82 Å². The second-order valence-electron chi connectivity index (χ2n) is 7.71. The number of benzene rings is 1. The van der Waals surface area contributed by atoms with Crippen molar-refractivity contribution in [3.05, 3.63) is 71.8 Å². The predicted octanol–water partition coefficient (Wildman–Crippen LogP) is 2.36. The summed E-state index contributed by atoms with van der Waals surface area (Å²) in [4.78, 5) is 13.5. The van der Waals surface area contributed by atoms with Crippen LogP contribution in [0.5, 0.6) is 0 Å². The number of nitrogens with zero attached hydrogens (tertiary/aromatic N) is 6. The summed E-state index contributed by atoms with van der Waals surface area (Å²) in [5, 5.41) is 4.44. The molecule has 2 aromatic heterocycles. The monoisotopic (exact) mass is 387 g/mol. The van der Waals surface area contributed by atoms with E-state index in [9.17, 15) is 0 Å². The Bertz CT molecular complexity index is 1050. The fraction of sp³-hybridized carbons (Fsp3) is 0.318. The van der Waals surface area contributed by atoms with Crippen molar-refractivity contribution in [2.75, 3.05) is 30.3 Å². The summed E-state index contributed by atoms with van der Waals surface area (Å²) in [6.45, 7) is 5.24. The van der Waals surface area contributed by atoms with Crippen LogP contribution in [0.15, 0.2) is 55.0 Å². The number of fused-ring (bicyclic) bond motifs is 3. The van der Waals surface area contributed by atoms with E-state index in [2.05, 4.69) is 61.4 Å². The molecule has 2 aliphatic rings. The van der Waals surface area contributed by atoms with Crippen molar-refractivity contribution in [3.8, 4) is 5.95 Å². The first-order valence-corrected chi connectivity index (χ1v) is 10.1. The van der Waals surface area contributed by atoms with Crippen molar-refractivity contribution in [3.63, 3.8) is 0 Å². The number of allylic oxidation sites excluding steroid dienone is 1. The first-order valence-electron chi connectivity index (χ1n) is 10.1. The Morgan fingerprint density at radius 1 is 1.21 bits per heavy atom. The highest BCUT2D eigenvalue weighted by Gasteiger charge is 2.32. The third-order valence-electron chi connectivity index (χ3n) is 5.89. The molecule has 0 saturated carbocycles. The molecule has 4 heterocycles. The fourth-order valence-electron chi connectivity index (χ4n) is 4.36. The van der Waals surface area contributed by atoms with E-state index in [-0.39, 0.29) is 0 Å². The van der Waals surface area contributed by atoms with Gasteiger partial charge in [-0.05, 0) is 49.2 Å². The normalized spacial score (nSPS) is 18.3. The molecule has 148 valence electrons. The van der Waals surface area contributed by atoms with Gasteiger partial charge in [-0.15, -0.1) is 0 Å². The number of nitrogens with two attached hydrogens (primary N) is 1. The van der Waals surface area contributed by atoms with Crippen LogP contribution in [0.25, 0.3) is 5.95 Å². The summed E-state index contributed by atoms with van der Waals surface area (Å²) in [6.07, 6.45) is 9.99. The van der Waals surface area contributed by atoms with E-state index in [4.69, 9.17) is 5.73 Å². The molecule has 3 aromatic rings. The predicted molar refractivity (Wildman–Crippen MR) is 114 cm³/mol. The lowest BCUT2D eigenvalue weighted by atomic mass is 10.1. The number of piperazine rings is 1. The molecule has 5 rings (SSSR count). The van der Waals surface area contributed by atoms with Gasteiger partial charge < -0.3 is 15.5 Å². The highest BCUT2D eigenvalue weighted by molar-refractivity contribution is 5.60. The maximum absolute atomic E-state index is 5.77. The molecule has 0 aliphatic carbocycles. The maximum atomic E-state index is 5.77. The van der Waals surface area contributed by atoms with Crippen molar-refractivity contribution in [2.45, 2.75) is 25.8 Å². The van der Waals surface area contributed by atoms with E-state index in [0.717, 1.165) is 38.2 Å². The first-order chi connectivity index (χ1) is 14.2. The van der Waals surface area contributed by atoms with Crippen molar-refractivity contribution < 1.29 is 0 Å². The lowest BCUT2D eigenvalue weighted by molar-refractivity contribution is 0.303. The van der Waals surface area contributed by atoms with Crippen LogP contribution in [0.3, 0.4) is 0 Å². The van der Waals surface area contributed by atoms with E-state index in [1.165, 1.54) is 16.8 Å². The van der Waals surface area contributed by atoms with Crippen LogP contribution in [-0.4, -0.2) is 50.3 Å². The van der Waals surface area contributed by atoms with Gasteiger partial charge in [0.2, 0.25) is 0 Å². The molecule has 2 N–H and O–H groups in total. The largest absolute Gasteiger partial charge is 0.384 e. The van der Waals surface area contributed by atoms with E-state index >= 15 is 0 Å². The van der Waals surface area contributed by atoms with Gasteiger partial charge in [-0.2, -0.15) is 10.1 Å². The van der Waals surface area contributed by atoms with Gasteiger partial charge in [-0.25, -0.2) is 9.67 Å². The molecule has 2 aliphatic heterocycles. The Labute approximate surface area is 170 Å². The summed E-state index contributed by atoms with van der Waals surface area (Å²) in [6, 6.07) is 11.1. The molecule has 0 bridgehead atoms. The van der Waals surface area contributed by atoms with Gasteiger partial charge >= 0.3 is 0 Å². The third-order valence-corrected chi connectivity index (χ3v) is 5.89. The zero-order valence-corrected chi connectivity index (χ0v) is 16.6. The lowest BCUT2D eigenvalue weighted by Gasteiger charge is -2.38. The minimum Gasteiger partial charge on any atom is -0.384 e. The van der Waals surface area contributed by atoms with Crippen LogP contribution in [0, 0.1) is 6.92 Å². The Kier molecular flexibility index (Phi) is 4.42. The highest BCUT2D eigenvalue weighted by Crippen LogP contribution is 2.33. The molecular formula is C22H25N7. The molecule has 7 heteroatoms. The van der Waals surface area contributed by atoms with Crippen LogP contribution in [0.4, 0.5) is 11.5 Å². The van der Waals surface area contributed by atoms with E-state index in [1.807, 2.05) is 13.1 Å². The average Bonchev–Trinajstić information content (AvgIpc) is 3.28. The van der Waals surface area contributed by atoms with Gasteiger partial charge in [0.15, 0.2) is 0 Å². The minimum absolute atomic E-state index is 0.444. The summed E-state index contributed by atoms with van der Waals surface area (Å²) in [5.41, 5.74) is 10.9. The smallest absolute Gasteiger partial charge is 0.252 e. The Balaban J connectivity index is 1.23. The van der Waals surface area contributed by atoms with Crippen molar-refractivity contribution in [1.29, 1.82) is 0 Å². The SMILES string of the molecule is Cc1c(CC=CN2CCN3c4ccccc4CC3C2)cnn1-c1nccc(N)n1. The van der Waals surface area contributed by atoms with E-state index < -0.39 is 0 Å². The lowest BCUT2D eigenvalue weighted by Crippen LogP contribution is -2.49. The van der Waals surface area contributed by atoms with Gasteiger partial charge in [-0.3, -0.25) is 0 Å². The van der Waals surface area contributed by atoms with Crippen LogP contribution in [-0.2, 0) is 12.8 Å². The molecule has 7 nitrogen and oxygen atoms in total. The number of aromatic nitrogens is 4. The van der Waals surface area contributed by atoms with Gasteiger partial charge in [0.25, 0.3) is 5.95 Å². The molecule has 29 heavy (non-hydrogen) atoms. The molecule has 1 saturated heterocycles. The number of hydrogen-bond donors (Lipinski definition) is 1. The first kappa shape index (κ1) is 17.7. The molecule has 1 aromatic carbocycles. The van der Waals surface area contributed by atoms with Crippen molar-refractivity contribution >= 4 is 11.5 Å². The molecule has 1 fully saturated rings. The Hall–Kier alpha value is -3.35. The van der Waals surface area contributed by atoms with Gasteiger partial charge in [-0.1, -0.05) is 24.3 Å². The molecule has 1 unspecified atom stereocenters. The Morgan fingerprint density at radius 2 is 2.10 bits per heavy atom. The minimum atomic E-state index is 0.444. The van der Waals surface area contributed by atoms with Gasteiger partial charge in [0.05, 0.1) is 12.2 Å². The zero-order chi connectivity index (χ0) is 19.8. The Morgan fingerprint density at radius 3 is 3.00 bits per heavy atom. The number of nitrogen functional groups attached to an aromatic ring is 1. The summed E-state index contributed by atoms with van der Waals surface area (Å²) in [7, 11) is 0. The van der Waals surface area contributed by atoms with Crippen LogP contribution < -0.4 is 10.6 Å².